The van der Waals surface area contributed by atoms with Gasteiger partial charge in [-0.25, -0.2) is 18.4 Å². The Balaban J connectivity index is 2.37. The predicted octanol–water partition coefficient (Wildman–Crippen LogP) is 1.13. The Bertz CT molecular complexity index is 992. The van der Waals surface area contributed by atoms with Gasteiger partial charge >= 0.3 is 0 Å². The fraction of sp³-hybridized carbons (Fsp3) is 0.333. The van der Waals surface area contributed by atoms with E-state index in [0.29, 0.717) is 35.3 Å². The summed E-state index contributed by atoms with van der Waals surface area (Å²) in [4.78, 5) is 11.1. The molecule has 0 atom stereocenters. The number of para-hydroxylation sites is 2. The molecule has 0 saturated carbocycles. The molecular weight excluding hydrogens is 314 g/mol. The maximum atomic E-state index is 12.2. The quantitative estimate of drug-likeness (QED) is 0.769. The van der Waals surface area contributed by atoms with Gasteiger partial charge in [0.25, 0.3) is 0 Å². The van der Waals surface area contributed by atoms with Crippen molar-refractivity contribution < 1.29 is 8.42 Å². The number of hydrogen-bond acceptors (Lipinski definition) is 6. The van der Waals surface area contributed by atoms with Crippen molar-refractivity contribution in [3.05, 3.63) is 24.3 Å². The molecule has 0 spiro atoms. The molecule has 23 heavy (non-hydrogen) atoms. The number of likely N-dealkylation sites (N-methyl/N-ethyl adjacent to an activating group) is 1. The van der Waals surface area contributed by atoms with Gasteiger partial charge in [-0.15, -0.1) is 0 Å². The Labute approximate surface area is 134 Å². The molecule has 2 heterocycles. The van der Waals surface area contributed by atoms with Gasteiger partial charge in [-0.05, 0) is 26.2 Å². The van der Waals surface area contributed by atoms with E-state index in [1.165, 1.54) is 0 Å². The number of nitrogen functional groups attached to an aromatic ring is 1. The summed E-state index contributed by atoms with van der Waals surface area (Å²) >= 11 is 0. The van der Waals surface area contributed by atoms with Gasteiger partial charge in [0.1, 0.15) is 16.2 Å². The molecule has 0 aliphatic carbocycles. The van der Waals surface area contributed by atoms with Crippen molar-refractivity contribution in [2.75, 3.05) is 32.6 Å². The second-order valence-electron chi connectivity index (χ2n) is 5.83. The minimum Gasteiger partial charge on any atom is -0.384 e. The molecule has 0 amide bonds. The van der Waals surface area contributed by atoms with E-state index in [9.17, 15) is 8.42 Å². The molecule has 2 N–H and O–H groups in total. The van der Waals surface area contributed by atoms with E-state index < -0.39 is 9.84 Å². The van der Waals surface area contributed by atoms with E-state index in [4.69, 9.17) is 5.73 Å². The number of benzene rings is 1. The monoisotopic (exact) mass is 333 g/mol. The zero-order valence-electron chi connectivity index (χ0n) is 13.3. The molecule has 0 radical (unpaired) electrons. The number of rotatable bonds is 4. The van der Waals surface area contributed by atoms with Crippen LogP contribution in [0, 0.1) is 0 Å². The van der Waals surface area contributed by atoms with Gasteiger partial charge in [0.15, 0.2) is 15.5 Å². The van der Waals surface area contributed by atoms with E-state index in [1.54, 1.807) is 10.6 Å². The standard InChI is InChI=1S/C15H19N5O2S/c1-19(2)8-9-20-14(16)13(23(3,21)22)12-15(20)18-11-7-5-4-6-10(11)17-12/h4-7H,8-9,16H2,1-3H3. The summed E-state index contributed by atoms with van der Waals surface area (Å²) in [5.41, 5.74) is 8.33. The SMILES string of the molecule is CN(C)CCn1c(N)c(S(C)(=O)=O)c2nc3ccccc3nc21. The minimum absolute atomic E-state index is 0.0597. The second kappa shape index (κ2) is 5.47. The highest BCUT2D eigenvalue weighted by atomic mass is 32.2. The van der Waals surface area contributed by atoms with Crippen LogP contribution in [0.5, 0.6) is 0 Å². The molecule has 0 fully saturated rings. The molecule has 7 nitrogen and oxygen atoms in total. The fourth-order valence-corrected chi connectivity index (χ4v) is 3.56. The van der Waals surface area contributed by atoms with Crippen molar-refractivity contribution in [2.45, 2.75) is 11.4 Å². The fourth-order valence-electron chi connectivity index (χ4n) is 2.58. The van der Waals surface area contributed by atoms with E-state index in [2.05, 4.69) is 9.97 Å². The predicted molar refractivity (Wildman–Crippen MR) is 91.1 cm³/mol. The van der Waals surface area contributed by atoms with Crippen molar-refractivity contribution >= 4 is 37.9 Å². The molecule has 122 valence electrons. The van der Waals surface area contributed by atoms with Crippen LogP contribution in [0.4, 0.5) is 5.82 Å². The zero-order chi connectivity index (χ0) is 16.8. The summed E-state index contributed by atoms with van der Waals surface area (Å²) in [5, 5.41) is 0. The minimum atomic E-state index is -3.51. The molecule has 0 aliphatic rings. The van der Waals surface area contributed by atoms with E-state index in [-0.39, 0.29) is 10.7 Å². The normalized spacial score (nSPS) is 12.5. The van der Waals surface area contributed by atoms with Gasteiger partial charge in [0.2, 0.25) is 0 Å². The number of anilines is 1. The molecule has 3 rings (SSSR count). The molecule has 0 saturated heterocycles. The molecule has 0 unspecified atom stereocenters. The third-order valence-corrected chi connectivity index (χ3v) is 4.83. The number of nitrogens with zero attached hydrogens (tertiary/aromatic N) is 4. The lowest BCUT2D eigenvalue weighted by Crippen LogP contribution is -2.19. The van der Waals surface area contributed by atoms with Crippen LogP contribution >= 0.6 is 0 Å². The Kier molecular flexibility index (Phi) is 3.73. The van der Waals surface area contributed by atoms with Crippen LogP contribution in [-0.2, 0) is 16.4 Å². The van der Waals surface area contributed by atoms with Crippen LogP contribution in [-0.4, -0.2) is 54.7 Å². The van der Waals surface area contributed by atoms with Crippen LogP contribution in [0.2, 0.25) is 0 Å². The van der Waals surface area contributed by atoms with Gasteiger partial charge in [0.05, 0.1) is 11.0 Å². The Morgan fingerprint density at radius 2 is 1.78 bits per heavy atom. The lowest BCUT2D eigenvalue weighted by Gasteiger charge is -2.12. The third kappa shape index (κ3) is 2.75. The smallest absolute Gasteiger partial charge is 0.181 e. The largest absolute Gasteiger partial charge is 0.384 e. The average molecular weight is 333 g/mol. The van der Waals surface area contributed by atoms with Gasteiger partial charge in [0, 0.05) is 19.3 Å². The van der Waals surface area contributed by atoms with Crippen molar-refractivity contribution in [2.24, 2.45) is 0 Å². The summed E-state index contributed by atoms with van der Waals surface area (Å²) in [5.74, 6) is 0.194. The van der Waals surface area contributed by atoms with E-state index >= 15 is 0 Å². The summed E-state index contributed by atoms with van der Waals surface area (Å²) < 4.78 is 26.1. The Morgan fingerprint density at radius 3 is 2.35 bits per heavy atom. The maximum absolute atomic E-state index is 12.2. The number of hydrogen-bond donors (Lipinski definition) is 1. The topological polar surface area (TPSA) is 94.1 Å². The van der Waals surface area contributed by atoms with Crippen LogP contribution in [0.25, 0.3) is 22.2 Å². The third-order valence-electron chi connectivity index (χ3n) is 3.69. The summed E-state index contributed by atoms with van der Waals surface area (Å²) in [6.45, 7) is 1.25. The van der Waals surface area contributed by atoms with Crippen LogP contribution in [0.15, 0.2) is 29.2 Å². The van der Waals surface area contributed by atoms with Gasteiger partial charge in [-0.3, -0.25) is 0 Å². The molecule has 1 aromatic carbocycles. The van der Waals surface area contributed by atoms with E-state index in [0.717, 1.165) is 6.26 Å². The highest BCUT2D eigenvalue weighted by Gasteiger charge is 2.25. The maximum Gasteiger partial charge on any atom is 0.181 e. The Hall–Kier alpha value is -2.19. The first-order valence-electron chi connectivity index (χ1n) is 7.18. The molecular formula is C15H19N5O2S. The number of nitrogens with two attached hydrogens (primary N) is 1. The van der Waals surface area contributed by atoms with E-state index in [1.807, 2.05) is 37.2 Å². The lowest BCUT2D eigenvalue weighted by atomic mass is 10.3. The molecule has 2 aromatic heterocycles. The highest BCUT2D eigenvalue weighted by Crippen LogP contribution is 2.31. The molecule has 8 heteroatoms. The average Bonchev–Trinajstić information content (AvgIpc) is 2.73. The highest BCUT2D eigenvalue weighted by molar-refractivity contribution is 7.91. The van der Waals surface area contributed by atoms with Crippen molar-refractivity contribution in [1.82, 2.24) is 19.4 Å². The molecule has 0 bridgehead atoms. The summed E-state index contributed by atoms with van der Waals surface area (Å²) in [6, 6.07) is 7.37. The first-order chi connectivity index (χ1) is 10.8. The van der Waals surface area contributed by atoms with Crippen LogP contribution in [0.3, 0.4) is 0 Å². The van der Waals surface area contributed by atoms with Gasteiger partial charge < -0.3 is 15.2 Å². The van der Waals surface area contributed by atoms with Gasteiger partial charge in [-0.2, -0.15) is 0 Å². The first kappa shape index (κ1) is 15.7. The summed E-state index contributed by atoms with van der Waals surface area (Å²) in [6.07, 6.45) is 1.14. The molecule has 0 aliphatic heterocycles. The van der Waals surface area contributed by atoms with Gasteiger partial charge in [-0.1, -0.05) is 12.1 Å². The second-order valence-corrected chi connectivity index (χ2v) is 7.78. The Morgan fingerprint density at radius 1 is 1.17 bits per heavy atom. The van der Waals surface area contributed by atoms with Crippen LogP contribution in [0.1, 0.15) is 0 Å². The van der Waals surface area contributed by atoms with Crippen molar-refractivity contribution in [3.63, 3.8) is 0 Å². The number of sulfone groups is 1. The lowest BCUT2D eigenvalue weighted by molar-refractivity contribution is 0.387. The number of aromatic nitrogens is 3. The van der Waals surface area contributed by atoms with Crippen molar-refractivity contribution in [3.8, 4) is 0 Å². The van der Waals surface area contributed by atoms with Crippen molar-refractivity contribution in [1.29, 1.82) is 0 Å². The van der Waals surface area contributed by atoms with Crippen LogP contribution < -0.4 is 5.73 Å². The zero-order valence-corrected chi connectivity index (χ0v) is 14.1. The summed E-state index contributed by atoms with van der Waals surface area (Å²) in [7, 11) is 0.381. The number of fused-ring (bicyclic) bond motifs is 2. The first-order valence-corrected chi connectivity index (χ1v) is 9.07. The molecule has 3 aromatic rings.